The van der Waals surface area contributed by atoms with Gasteiger partial charge in [-0.1, -0.05) is 0 Å². The molecule has 1 unspecified atom stereocenters. The van der Waals surface area contributed by atoms with Gasteiger partial charge in [-0.05, 0) is 33.1 Å². The first-order chi connectivity index (χ1) is 10.3. The molecule has 22 heavy (non-hydrogen) atoms. The molecule has 0 aromatic carbocycles. The van der Waals surface area contributed by atoms with Gasteiger partial charge >= 0.3 is 0 Å². The summed E-state index contributed by atoms with van der Waals surface area (Å²) in [6.45, 7) is 5.62. The van der Waals surface area contributed by atoms with E-state index in [2.05, 4.69) is 20.9 Å². The molecule has 0 spiro atoms. The van der Waals surface area contributed by atoms with Crippen molar-refractivity contribution in [2.45, 2.75) is 39.2 Å². The Morgan fingerprint density at radius 2 is 2.00 bits per heavy atom. The van der Waals surface area contributed by atoms with Crippen LogP contribution in [0, 0.1) is 5.92 Å². The van der Waals surface area contributed by atoms with Gasteiger partial charge in [-0.2, -0.15) is 0 Å². The van der Waals surface area contributed by atoms with E-state index in [1.54, 1.807) is 0 Å². The molecule has 0 bridgehead atoms. The summed E-state index contributed by atoms with van der Waals surface area (Å²) in [5, 5.41) is 9.15. The zero-order valence-corrected chi connectivity index (χ0v) is 14.5. The molecular formula is C14H28N4O3S. The van der Waals surface area contributed by atoms with Crippen LogP contribution in [0.2, 0.25) is 0 Å². The largest absolute Gasteiger partial charge is 0.357 e. The Kier molecular flexibility index (Phi) is 7.64. The summed E-state index contributed by atoms with van der Waals surface area (Å²) in [6.07, 6.45) is 3.76. The molecule has 1 fully saturated rings. The number of guanidine groups is 1. The molecule has 0 heterocycles. The number of rotatable bonds is 9. The summed E-state index contributed by atoms with van der Waals surface area (Å²) in [6, 6.07) is 0.00794. The van der Waals surface area contributed by atoms with E-state index in [0.29, 0.717) is 25.5 Å². The molecule has 1 atom stereocenters. The fourth-order valence-corrected chi connectivity index (χ4v) is 2.63. The summed E-state index contributed by atoms with van der Waals surface area (Å²) < 4.78 is 22.3. The van der Waals surface area contributed by atoms with Gasteiger partial charge in [-0.15, -0.1) is 0 Å². The molecule has 0 aliphatic heterocycles. The SMILES string of the molecule is CCNC(=NCCNC(=O)C1CC1)NC(C)CCS(C)(=O)=O. The van der Waals surface area contributed by atoms with E-state index < -0.39 is 9.84 Å². The average molecular weight is 332 g/mol. The van der Waals surface area contributed by atoms with Gasteiger partial charge in [0.1, 0.15) is 9.84 Å². The molecule has 1 amide bonds. The Morgan fingerprint density at radius 1 is 1.32 bits per heavy atom. The van der Waals surface area contributed by atoms with Crippen LogP contribution < -0.4 is 16.0 Å². The Balaban J connectivity index is 2.31. The minimum absolute atomic E-state index is 0.00794. The molecule has 0 aromatic rings. The highest BCUT2D eigenvalue weighted by Crippen LogP contribution is 2.28. The smallest absolute Gasteiger partial charge is 0.223 e. The van der Waals surface area contributed by atoms with E-state index in [9.17, 15) is 13.2 Å². The Bertz CT molecular complexity index is 486. The van der Waals surface area contributed by atoms with Crippen molar-refractivity contribution in [3.8, 4) is 0 Å². The average Bonchev–Trinajstić information content (AvgIpc) is 3.25. The Hall–Kier alpha value is -1.31. The van der Waals surface area contributed by atoms with Gasteiger partial charge < -0.3 is 16.0 Å². The number of nitrogens with zero attached hydrogens (tertiary/aromatic N) is 1. The zero-order valence-electron chi connectivity index (χ0n) is 13.7. The second kappa shape index (κ2) is 8.97. The van der Waals surface area contributed by atoms with Crippen LogP contribution in [0.3, 0.4) is 0 Å². The lowest BCUT2D eigenvalue weighted by atomic mass is 10.3. The number of hydrogen-bond donors (Lipinski definition) is 3. The molecule has 128 valence electrons. The van der Waals surface area contributed by atoms with Crippen molar-refractivity contribution in [1.29, 1.82) is 0 Å². The van der Waals surface area contributed by atoms with Crippen molar-refractivity contribution >= 4 is 21.7 Å². The van der Waals surface area contributed by atoms with Crippen LogP contribution >= 0.6 is 0 Å². The van der Waals surface area contributed by atoms with E-state index >= 15 is 0 Å². The maximum absolute atomic E-state index is 11.5. The molecule has 0 saturated heterocycles. The lowest BCUT2D eigenvalue weighted by molar-refractivity contribution is -0.122. The maximum Gasteiger partial charge on any atom is 0.223 e. The predicted octanol–water partition coefficient (Wildman–Crippen LogP) is -0.109. The van der Waals surface area contributed by atoms with Gasteiger partial charge in [0.2, 0.25) is 5.91 Å². The lowest BCUT2D eigenvalue weighted by Gasteiger charge is -2.17. The molecule has 3 N–H and O–H groups in total. The summed E-state index contributed by atoms with van der Waals surface area (Å²) in [7, 11) is -2.95. The molecule has 7 nitrogen and oxygen atoms in total. The number of sulfone groups is 1. The van der Waals surface area contributed by atoms with Crippen molar-refractivity contribution in [1.82, 2.24) is 16.0 Å². The number of amides is 1. The summed E-state index contributed by atoms with van der Waals surface area (Å²) in [5.41, 5.74) is 0. The summed E-state index contributed by atoms with van der Waals surface area (Å²) >= 11 is 0. The molecular weight excluding hydrogens is 304 g/mol. The van der Waals surface area contributed by atoms with Crippen LogP contribution in [-0.2, 0) is 14.6 Å². The summed E-state index contributed by atoms with van der Waals surface area (Å²) in [5.74, 6) is 1.13. The van der Waals surface area contributed by atoms with Crippen LogP contribution in [-0.4, -0.2) is 58.0 Å². The minimum Gasteiger partial charge on any atom is -0.357 e. The lowest BCUT2D eigenvalue weighted by Crippen LogP contribution is -2.43. The van der Waals surface area contributed by atoms with Crippen LogP contribution in [0.1, 0.15) is 33.1 Å². The minimum atomic E-state index is -2.95. The fraction of sp³-hybridized carbons (Fsp3) is 0.857. The van der Waals surface area contributed by atoms with E-state index in [4.69, 9.17) is 0 Å². The highest BCUT2D eigenvalue weighted by molar-refractivity contribution is 7.90. The van der Waals surface area contributed by atoms with Crippen molar-refractivity contribution in [3.63, 3.8) is 0 Å². The Morgan fingerprint density at radius 3 is 2.55 bits per heavy atom. The predicted molar refractivity (Wildman–Crippen MR) is 88.6 cm³/mol. The molecule has 1 aliphatic rings. The third kappa shape index (κ3) is 8.86. The molecule has 0 radical (unpaired) electrons. The second-order valence-electron chi connectivity index (χ2n) is 5.79. The first-order valence-corrected chi connectivity index (χ1v) is 9.88. The fourth-order valence-electron chi connectivity index (χ4n) is 1.85. The topological polar surface area (TPSA) is 99.7 Å². The van der Waals surface area contributed by atoms with E-state index in [0.717, 1.165) is 19.4 Å². The van der Waals surface area contributed by atoms with Crippen molar-refractivity contribution in [3.05, 3.63) is 0 Å². The number of nitrogens with one attached hydrogen (secondary N) is 3. The quantitative estimate of drug-likeness (QED) is 0.311. The number of carbonyl (C=O) groups is 1. The van der Waals surface area contributed by atoms with E-state index in [1.807, 2.05) is 13.8 Å². The molecule has 0 aromatic heterocycles. The molecule has 1 rings (SSSR count). The van der Waals surface area contributed by atoms with Gasteiger partial charge in [-0.3, -0.25) is 9.79 Å². The first kappa shape index (κ1) is 18.7. The van der Waals surface area contributed by atoms with E-state index in [1.165, 1.54) is 6.26 Å². The van der Waals surface area contributed by atoms with E-state index in [-0.39, 0.29) is 23.6 Å². The zero-order chi connectivity index (χ0) is 16.6. The molecule has 8 heteroatoms. The van der Waals surface area contributed by atoms with Crippen LogP contribution in [0.15, 0.2) is 4.99 Å². The van der Waals surface area contributed by atoms with Crippen LogP contribution in [0.5, 0.6) is 0 Å². The number of carbonyl (C=O) groups excluding carboxylic acids is 1. The van der Waals surface area contributed by atoms with Crippen LogP contribution in [0.4, 0.5) is 0 Å². The van der Waals surface area contributed by atoms with Gasteiger partial charge in [0.05, 0.1) is 12.3 Å². The third-order valence-electron chi connectivity index (χ3n) is 3.28. The van der Waals surface area contributed by atoms with Gasteiger partial charge in [0.15, 0.2) is 5.96 Å². The van der Waals surface area contributed by atoms with Gasteiger partial charge in [0.25, 0.3) is 0 Å². The highest BCUT2D eigenvalue weighted by atomic mass is 32.2. The van der Waals surface area contributed by atoms with Crippen molar-refractivity contribution in [2.75, 3.05) is 31.6 Å². The third-order valence-corrected chi connectivity index (χ3v) is 4.26. The molecule has 1 aliphatic carbocycles. The molecule has 1 saturated carbocycles. The van der Waals surface area contributed by atoms with Crippen molar-refractivity contribution < 1.29 is 13.2 Å². The number of hydrogen-bond acceptors (Lipinski definition) is 4. The van der Waals surface area contributed by atoms with Crippen molar-refractivity contribution in [2.24, 2.45) is 10.9 Å². The first-order valence-electron chi connectivity index (χ1n) is 7.82. The monoisotopic (exact) mass is 332 g/mol. The summed E-state index contributed by atoms with van der Waals surface area (Å²) in [4.78, 5) is 15.9. The Labute approximate surface area is 133 Å². The standard InChI is InChI=1S/C14H28N4O3S/c1-4-15-14(18-11(2)7-10-22(3,20)21)17-9-8-16-13(19)12-5-6-12/h11-12H,4-10H2,1-3H3,(H,16,19)(H2,15,17,18). The van der Waals surface area contributed by atoms with Crippen LogP contribution in [0.25, 0.3) is 0 Å². The van der Waals surface area contributed by atoms with Gasteiger partial charge in [-0.25, -0.2) is 8.42 Å². The normalized spacial score (nSPS) is 17.0. The highest BCUT2D eigenvalue weighted by Gasteiger charge is 2.28. The van der Waals surface area contributed by atoms with Gasteiger partial charge in [0, 0.05) is 31.3 Å². The number of aliphatic imine (C=N–C) groups is 1. The second-order valence-corrected chi connectivity index (χ2v) is 8.05. The maximum atomic E-state index is 11.5.